The highest BCUT2D eigenvalue weighted by molar-refractivity contribution is 5.96. The van der Waals surface area contributed by atoms with E-state index < -0.39 is 17.5 Å². The summed E-state index contributed by atoms with van der Waals surface area (Å²) in [5.74, 6) is -0.591. The van der Waals surface area contributed by atoms with Crippen LogP contribution in [0.15, 0.2) is 83.8 Å². The van der Waals surface area contributed by atoms with E-state index in [0.717, 1.165) is 35.6 Å². The molecule has 5 rings (SSSR count). The fourth-order valence-corrected chi connectivity index (χ4v) is 4.77. The Hall–Kier alpha value is -4.96. The lowest BCUT2D eigenvalue weighted by atomic mass is 10.1. The zero-order chi connectivity index (χ0) is 31.9. The Labute approximate surface area is 255 Å². The molecule has 3 aromatic carbocycles. The molecule has 10 nitrogen and oxygen atoms in total. The topological polar surface area (TPSA) is 139 Å². The maximum Gasteiger partial charge on any atom is 0.326 e. The first-order valence-electron chi connectivity index (χ1n) is 14.4. The summed E-state index contributed by atoms with van der Waals surface area (Å²) in [7, 11) is 0. The third-order valence-corrected chi connectivity index (χ3v) is 6.52. The number of nitrogens with two attached hydrogens (primary N) is 1. The fraction of sp³-hybridized carbons (Fsp3) is 0.294. The number of aryl methyl sites for hydroxylation is 1. The molecule has 0 aliphatic carbocycles. The lowest BCUT2D eigenvalue weighted by molar-refractivity contribution is -0.155. The normalized spacial score (nSPS) is 11.2. The fourth-order valence-electron chi connectivity index (χ4n) is 4.77. The van der Waals surface area contributed by atoms with Gasteiger partial charge in [-0.25, -0.2) is 4.98 Å². The van der Waals surface area contributed by atoms with Crippen LogP contribution in [0.3, 0.4) is 0 Å². The Balaban J connectivity index is 0.00000104. The van der Waals surface area contributed by atoms with Crippen LogP contribution in [0.5, 0.6) is 5.75 Å². The number of nitrogens with zero attached hydrogens (tertiary/aromatic N) is 3. The largest absolute Gasteiger partial charge is 0.489 e. The predicted molar refractivity (Wildman–Crippen MR) is 171 cm³/mol. The van der Waals surface area contributed by atoms with Gasteiger partial charge in [0.1, 0.15) is 30.2 Å². The highest BCUT2D eigenvalue weighted by Crippen LogP contribution is 2.32. The molecule has 230 valence electrons. The molecule has 0 saturated heterocycles. The quantitative estimate of drug-likeness (QED) is 0.216. The van der Waals surface area contributed by atoms with Crippen LogP contribution in [0.4, 0.5) is 0 Å². The predicted octanol–water partition coefficient (Wildman–Crippen LogP) is 5.38. The minimum absolute atomic E-state index is 0.213. The number of aliphatic carboxylic acids is 1. The minimum atomic E-state index is -0.833. The van der Waals surface area contributed by atoms with Crippen LogP contribution in [0.1, 0.15) is 39.7 Å². The summed E-state index contributed by atoms with van der Waals surface area (Å²) in [6.45, 7) is 7.94. The minimum Gasteiger partial charge on any atom is -0.489 e. The van der Waals surface area contributed by atoms with Crippen molar-refractivity contribution in [2.45, 2.75) is 59.4 Å². The number of carbonyl (C=O) groups is 2. The first kappa shape index (κ1) is 32.0. The highest BCUT2D eigenvalue weighted by atomic mass is 16.6. The van der Waals surface area contributed by atoms with E-state index in [4.69, 9.17) is 30.1 Å². The monoisotopic (exact) mass is 598 g/mol. The zero-order valence-corrected chi connectivity index (χ0v) is 25.4. The van der Waals surface area contributed by atoms with Crippen LogP contribution >= 0.6 is 0 Å². The number of carboxylic acids is 1. The van der Waals surface area contributed by atoms with Gasteiger partial charge in [-0.3, -0.25) is 19.0 Å². The van der Waals surface area contributed by atoms with Gasteiger partial charge in [0.25, 0.3) is 11.5 Å². The molecule has 2 heterocycles. The number of carbonyl (C=O) groups excluding carboxylic acids is 1. The van der Waals surface area contributed by atoms with Crippen LogP contribution in [0.25, 0.3) is 33.2 Å². The summed E-state index contributed by atoms with van der Waals surface area (Å²) in [6.07, 6.45) is 2.71. The Morgan fingerprint density at radius 1 is 0.977 bits per heavy atom. The van der Waals surface area contributed by atoms with E-state index in [1.54, 1.807) is 26.8 Å². The number of ether oxygens (including phenoxy) is 2. The van der Waals surface area contributed by atoms with Crippen molar-refractivity contribution in [3.8, 4) is 17.0 Å². The molecule has 0 spiro atoms. The van der Waals surface area contributed by atoms with Crippen LogP contribution in [-0.2, 0) is 34.0 Å². The Bertz CT molecular complexity index is 1820. The van der Waals surface area contributed by atoms with Crippen molar-refractivity contribution in [1.82, 2.24) is 14.1 Å². The standard InChI is InChI=1S/C32H34N4O4.C2H4O2/c1-32(2,3)40-29(37)20-36-27-13-8-7-12-26(27)34-30(31(36)38)25-19-35(17-9-16-33)28-18-23(14-15-24(25)28)39-21-22-10-5-4-6-11-22;1-2(3)4/h4-8,10-15,18-19H,9,16-17,20-21,33H2,1-3H3;1H3,(H,3,4). The van der Waals surface area contributed by atoms with Crippen LogP contribution < -0.4 is 16.0 Å². The van der Waals surface area contributed by atoms with Gasteiger partial charge >= 0.3 is 5.97 Å². The van der Waals surface area contributed by atoms with Crippen molar-refractivity contribution in [3.63, 3.8) is 0 Å². The highest BCUT2D eigenvalue weighted by Gasteiger charge is 2.22. The molecule has 0 aliphatic heterocycles. The van der Waals surface area contributed by atoms with Crippen LogP contribution in [-0.4, -0.2) is 43.3 Å². The molecular formula is C34H38N4O6. The van der Waals surface area contributed by atoms with Crippen molar-refractivity contribution < 1.29 is 24.2 Å². The SMILES string of the molecule is CC(=O)O.CC(C)(C)OC(=O)Cn1c(=O)c(-c2cn(CCCN)c3cc(OCc4ccccc4)ccc23)nc2ccccc21. The van der Waals surface area contributed by atoms with E-state index in [1.165, 1.54) is 4.57 Å². The molecule has 0 aliphatic rings. The van der Waals surface area contributed by atoms with E-state index in [0.29, 0.717) is 36.3 Å². The number of carboxylic acid groups (broad SMARTS) is 1. The van der Waals surface area contributed by atoms with Gasteiger partial charge in [0.2, 0.25) is 0 Å². The number of fused-ring (bicyclic) bond motifs is 2. The van der Waals surface area contributed by atoms with Crippen molar-refractivity contribution in [3.05, 3.63) is 94.9 Å². The zero-order valence-electron chi connectivity index (χ0n) is 25.4. The molecule has 0 amide bonds. The smallest absolute Gasteiger partial charge is 0.326 e. The number of esters is 1. The Kier molecular flexibility index (Phi) is 10.2. The van der Waals surface area contributed by atoms with Gasteiger partial charge in [-0.15, -0.1) is 0 Å². The second-order valence-corrected chi connectivity index (χ2v) is 11.3. The van der Waals surface area contributed by atoms with Crippen LogP contribution in [0.2, 0.25) is 0 Å². The lowest BCUT2D eigenvalue weighted by Gasteiger charge is -2.20. The van der Waals surface area contributed by atoms with Gasteiger partial charge < -0.3 is 24.9 Å². The Morgan fingerprint density at radius 2 is 1.66 bits per heavy atom. The van der Waals surface area contributed by atoms with Crippen molar-refractivity contribution in [2.24, 2.45) is 5.73 Å². The molecule has 5 aromatic rings. The van der Waals surface area contributed by atoms with Gasteiger partial charge in [0, 0.05) is 36.7 Å². The van der Waals surface area contributed by atoms with Gasteiger partial charge in [0.05, 0.1) is 16.6 Å². The molecule has 44 heavy (non-hydrogen) atoms. The van der Waals surface area contributed by atoms with Crippen molar-refractivity contribution in [2.75, 3.05) is 6.54 Å². The lowest BCUT2D eigenvalue weighted by Crippen LogP contribution is -2.31. The molecular weight excluding hydrogens is 560 g/mol. The molecule has 0 bridgehead atoms. The van der Waals surface area contributed by atoms with Crippen molar-refractivity contribution >= 4 is 33.9 Å². The summed E-state index contributed by atoms with van der Waals surface area (Å²) < 4.78 is 15.2. The maximum atomic E-state index is 13.9. The Morgan fingerprint density at radius 3 is 2.34 bits per heavy atom. The molecule has 0 saturated carbocycles. The van der Waals surface area contributed by atoms with E-state index in [-0.39, 0.29) is 17.8 Å². The summed E-state index contributed by atoms with van der Waals surface area (Å²) in [5, 5.41) is 8.28. The average Bonchev–Trinajstić information content (AvgIpc) is 3.33. The summed E-state index contributed by atoms with van der Waals surface area (Å²) in [6, 6.07) is 23.2. The van der Waals surface area contributed by atoms with Gasteiger partial charge in [0.15, 0.2) is 0 Å². The molecule has 3 N–H and O–H groups in total. The number of hydrogen-bond acceptors (Lipinski definition) is 7. The third kappa shape index (κ3) is 8.11. The second-order valence-electron chi connectivity index (χ2n) is 11.3. The summed E-state index contributed by atoms with van der Waals surface area (Å²) >= 11 is 0. The number of para-hydroxylation sites is 2. The van der Waals surface area contributed by atoms with Gasteiger partial charge in [-0.1, -0.05) is 42.5 Å². The first-order valence-corrected chi connectivity index (χ1v) is 14.4. The molecule has 0 atom stereocenters. The van der Waals surface area contributed by atoms with Crippen molar-refractivity contribution in [1.29, 1.82) is 0 Å². The summed E-state index contributed by atoms with van der Waals surface area (Å²) in [4.78, 5) is 40.5. The molecule has 0 radical (unpaired) electrons. The van der Waals surface area contributed by atoms with E-state index >= 15 is 0 Å². The number of rotatable bonds is 9. The van der Waals surface area contributed by atoms with E-state index in [9.17, 15) is 9.59 Å². The molecule has 0 unspecified atom stereocenters. The molecule has 0 fully saturated rings. The van der Waals surface area contributed by atoms with Gasteiger partial charge in [-0.05, 0) is 63.6 Å². The third-order valence-electron chi connectivity index (χ3n) is 6.52. The van der Waals surface area contributed by atoms with Gasteiger partial charge in [-0.2, -0.15) is 0 Å². The van der Waals surface area contributed by atoms with E-state index in [1.807, 2.05) is 72.9 Å². The number of hydrogen-bond donors (Lipinski definition) is 2. The summed E-state index contributed by atoms with van der Waals surface area (Å²) in [5.41, 5.74) is 8.96. The number of benzene rings is 3. The average molecular weight is 599 g/mol. The second kappa shape index (κ2) is 14.0. The van der Waals surface area contributed by atoms with Crippen LogP contribution in [0, 0.1) is 0 Å². The molecule has 2 aromatic heterocycles. The number of aromatic nitrogens is 3. The van der Waals surface area contributed by atoms with E-state index in [2.05, 4.69) is 4.57 Å². The maximum absolute atomic E-state index is 13.9. The first-order chi connectivity index (χ1) is 21.0. The molecule has 10 heteroatoms.